The minimum Gasteiger partial charge on any atom is -0.481 e. The van der Waals surface area contributed by atoms with Gasteiger partial charge >= 0.3 is 5.97 Å². The van der Waals surface area contributed by atoms with E-state index in [1.807, 2.05) is 31.2 Å². The number of para-hydroxylation sites is 1. The second kappa shape index (κ2) is 7.43. The number of hydrogen-bond donors (Lipinski definition) is 2. The van der Waals surface area contributed by atoms with Crippen LogP contribution in [0.5, 0.6) is 0 Å². The first-order chi connectivity index (χ1) is 9.05. The molecule has 0 amide bonds. The summed E-state index contributed by atoms with van der Waals surface area (Å²) in [6.07, 6.45) is 3.36. The van der Waals surface area contributed by atoms with E-state index in [-0.39, 0.29) is 0 Å². The summed E-state index contributed by atoms with van der Waals surface area (Å²) in [6.45, 7) is 4.04. The molecule has 0 saturated carbocycles. The lowest BCUT2D eigenvalue weighted by Crippen LogP contribution is -2.33. The molecule has 1 rings (SSSR count). The Morgan fingerprint density at radius 1 is 1.37 bits per heavy atom. The number of nitrogens with two attached hydrogens (primary N) is 1. The van der Waals surface area contributed by atoms with Gasteiger partial charge in [0.15, 0.2) is 0 Å². The Labute approximate surface area is 119 Å². The molecule has 0 heterocycles. The van der Waals surface area contributed by atoms with E-state index in [1.54, 1.807) is 11.8 Å². The molecular weight excluding hydrogens is 258 g/mol. The molecule has 3 nitrogen and oxygen atoms in total. The number of aliphatic carboxylic acids is 1. The molecule has 0 aliphatic rings. The van der Waals surface area contributed by atoms with Crippen LogP contribution in [0.25, 0.3) is 0 Å². The van der Waals surface area contributed by atoms with E-state index in [2.05, 4.69) is 6.92 Å². The van der Waals surface area contributed by atoms with Crippen molar-refractivity contribution >= 4 is 23.4 Å². The van der Waals surface area contributed by atoms with Gasteiger partial charge in [-0.05, 0) is 25.0 Å². The molecular formula is C15H23NO2S. The highest BCUT2D eigenvalue weighted by Gasteiger charge is 2.36. The first-order valence-corrected chi connectivity index (χ1v) is 7.75. The number of carboxylic acids is 1. The summed E-state index contributed by atoms with van der Waals surface area (Å²) < 4.78 is 0. The van der Waals surface area contributed by atoms with Crippen LogP contribution in [0.3, 0.4) is 0 Å². The number of anilines is 1. The molecule has 1 aromatic rings. The number of benzene rings is 1. The van der Waals surface area contributed by atoms with Crippen molar-refractivity contribution in [2.24, 2.45) is 5.41 Å². The molecule has 0 bridgehead atoms. The maximum atomic E-state index is 11.6. The van der Waals surface area contributed by atoms with Crippen molar-refractivity contribution in [1.82, 2.24) is 0 Å². The van der Waals surface area contributed by atoms with E-state index in [0.29, 0.717) is 12.2 Å². The topological polar surface area (TPSA) is 63.3 Å². The summed E-state index contributed by atoms with van der Waals surface area (Å²) >= 11 is 1.55. The summed E-state index contributed by atoms with van der Waals surface area (Å²) in [5, 5.41) is 9.55. The summed E-state index contributed by atoms with van der Waals surface area (Å²) in [4.78, 5) is 12.6. The van der Waals surface area contributed by atoms with Gasteiger partial charge in [-0.25, -0.2) is 0 Å². The lowest BCUT2D eigenvalue weighted by molar-refractivity contribution is -0.148. The summed E-state index contributed by atoms with van der Waals surface area (Å²) in [6, 6.07) is 7.62. The fourth-order valence-electron chi connectivity index (χ4n) is 2.01. The number of hydrogen-bond acceptors (Lipinski definition) is 3. The van der Waals surface area contributed by atoms with Crippen molar-refractivity contribution in [2.45, 2.75) is 44.4 Å². The van der Waals surface area contributed by atoms with Gasteiger partial charge in [-0.15, -0.1) is 11.8 Å². The second-order valence-corrected chi connectivity index (χ2v) is 5.89. The van der Waals surface area contributed by atoms with E-state index in [9.17, 15) is 9.90 Å². The van der Waals surface area contributed by atoms with Crippen LogP contribution in [0.1, 0.15) is 39.5 Å². The van der Waals surface area contributed by atoms with Gasteiger partial charge in [0.2, 0.25) is 0 Å². The lowest BCUT2D eigenvalue weighted by atomic mass is 9.82. The molecule has 0 aliphatic carbocycles. The van der Waals surface area contributed by atoms with Gasteiger partial charge in [0.05, 0.1) is 5.41 Å². The lowest BCUT2D eigenvalue weighted by Gasteiger charge is -2.28. The van der Waals surface area contributed by atoms with Crippen molar-refractivity contribution in [3.8, 4) is 0 Å². The molecule has 19 heavy (non-hydrogen) atoms. The normalized spacial score (nSPS) is 14.0. The maximum absolute atomic E-state index is 11.6. The third-order valence-electron chi connectivity index (χ3n) is 3.56. The van der Waals surface area contributed by atoms with Crippen molar-refractivity contribution in [1.29, 1.82) is 0 Å². The molecule has 1 unspecified atom stereocenters. The Kier molecular flexibility index (Phi) is 6.22. The van der Waals surface area contributed by atoms with Gasteiger partial charge in [-0.1, -0.05) is 38.8 Å². The molecule has 0 fully saturated rings. The van der Waals surface area contributed by atoms with E-state index in [4.69, 9.17) is 5.73 Å². The third kappa shape index (κ3) is 4.16. The van der Waals surface area contributed by atoms with Gasteiger partial charge in [-0.3, -0.25) is 4.79 Å². The predicted octanol–water partition coefficient (Wildman–Crippen LogP) is 4.03. The zero-order valence-corrected chi connectivity index (χ0v) is 12.5. The number of carbonyl (C=O) groups is 1. The minimum absolute atomic E-state index is 0.576. The van der Waals surface area contributed by atoms with Crippen molar-refractivity contribution < 1.29 is 9.90 Å². The molecule has 106 valence electrons. The zero-order chi connectivity index (χ0) is 14.3. The van der Waals surface area contributed by atoms with Crippen LogP contribution in [0, 0.1) is 5.41 Å². The highest BCUT2D eigenvalue weighted by atomic mass is 32.2. The van der Waals surface area contributed by atoms with E-state index >= 15 is 0 Å². The van der Waals surface area contributed by atoms with Crippen LogP contribution in [0.4, 0.5) is 5.69 Å². The summed E-state index contributed by atoms with van der Waals surface area (Å²) in [5.41, 5.74) is 5.98. The monoisotopic (exact) mass is 281 g/mol. The number of nitrogen functional groups attached to an aromatic ring is 1. The van der Waals surface area contributed by atoms with E-state index < -0.39 is 11.4 Å². The number of carboxylic acid groups (broad SMARTS) is 1. The second-order valence-electron chi connectivity index (χ2n) is 4.87. The number of unbranched alkanes of at least 4 members (excludes halogenated alkanes) is 1. The van der Waals surface area contributed by atoms with E-state index in [1.165, 1.54) is 0 Å². The molecule has 0 spiro atoms. The first kappa shape index (κ1) is 15.9. The Morgan fingerprint density at radius 2 is 2.05 bits per heavy atom. The summed E-state index contributed by atoms with van der Waals surface area (Å²) in [7, 11) is 0. The fourth-order valence-corrected chi connectivity index (χ4v) is 3.33. The number of rotatable bonds is 8. The molecule has 4 heteroatoms. The third-order valence-corrected chi connectivity index (χ3v) is 4.94. The molecule has 1 atom stereocenters. The highest BCUT2D eigenvalue weighted by molar-refractivity contribution is 7.99. The average Bonchev–Trinajstić information content (AvgIpc) is 2.41. The molecule has 0 radical (unpaired) electrons. The Bertz CT molecular complexity index is 422. The van der Waals surface area contributed by atoms with Gasteiger partial charge in [0.1, 0.15) is 0 Å². The zero-order valence-electron chi connectivity index (χ0n) is 11.7. The first-order valence-electron chi connectivity index (χ1n) is 6.76. The van der Waals surface area contributed by atoms with E-state index in [0.717, 1.165) is 29.8 Å². The Balaban J connectivity index is 2.78. The number of thioether (sulfide) groups is 1. The van der Waals surface area contributed by atoms with Gasteiger partial charge in [0, 0.05) is 16.3 Å². The SMILES string of the molecule is CCCCC(CC)(CSc1ccccc1N)C(=O)O. The van der Waals surface area contributed by atoms with Crippen molar-refractivity contribution in [3.05, 3.63) is 24.3 Å². The average molecular weight is 281 g/mol. The molecule has 3 N–H and O–H groups in total. The highest BCUT2D eigenvalue weighted by Crippen LogP contribution is 2.37. The largest absolute Gasteiger partial charge is 0.481 e. The van der Waals surface area contributed by atoms with Crippen LogP contribution in [0.15, 0.2) is 29.2 Å². The van der Waals surface area contributed by atoms with Crippen LogP contribution in [-0.4, -0.2) is 16.8 Å². The fraction of sp³-hybridized carbons (Fsp3) is 0.533. The maximum Gasteiger partial charge on any atom is 0.310 e. The van der Waals surface area contributed by atoms with Crippen molar-refractivity contribution in [2.75, 3.05) is 11.5 Å². The van der Waals surface area contributed by atoms with Crippen LogP contribution in [-0.2, 0) is 4.79 Å². The standard InChI is InChI=1S/C15H23NO2S/c1-3-5-10-15(4-2,14(17)18)11-19-13-9-7-6-8-12(13)16/h6-9H,3-5,10-11,16H2,1-2H3,(H,17,18). The van der Waals surface area contributed by atoms with Gasteiger partial charge in [0.25, 0.3) is 0 Å². The van der Waals surface area contributed by atoms with Crippen LogP contribution in [0.2, 0.25) is 0 Å². The van der Waals surface area contributed by atoms with Gasteiger partial charge in [-0.2, -0.15) is 0 Å². The van der Waals surface area contributed by atoms with Crippen LogP contribution < -0.4 is 5.73 Å². The molecule has 0 aromatic heterocycles. The van der Waals surface area contributed by atoms with Crippen LogP contribution >= 0.6 is 11.8 Å². The predicted molar refractivity (Wildman–Crippen MR) is 81.5 cm³/mol. The molecule has 0 aliphatic heterocycles. The quantitative estimate of drug-likeness (QED) is 0.558. The molecule has 0 saturated heterocycles. The molecule has 1 aromatic carbocycles. The Morgan fingerprint density at radius 3 is 2.58 bits per heavy atom. The smallest absolute Gasteiger partial charge is 0.310 e. The Hall–Kier alpha value is -1.16. The summed E-state index contributed by atoms with van der Waals surface area (Å²) in [5.74, 6) is -0.113. The minimum atomic E-state index is -0.689. The van der Waals surface area contributed by atoms with Crippen molar-refractivity contribution in [3.63, 3.8) is 0 Å². The van der Waals surface area contributed by atoms with Gasteiger partial charge < -0.3 is 10.8 Å².